The second kappa shape index (κ2) is 4.85. The minimum atomic E-state index is 0.776. The van der Waals surface area contributed by atoms with E-state index >= 15 is 0 Å². The van der Waals surface area contributed by atoms with Gasteiger partial charge in [0.2, 0.25) is 0 Å². The molecule has 0 aliphatic carbocycles. The molecule has 0 fully saturated rings. The normalized spacial score (nSPS) is 10.2. The SMILES string of the molecule is CCc1ccc(CCNN)nc1. The molecule has 0 amide bonds. The van der Waals surface area contributed by atoms with Crippen LogP contribution in [0.1, 0.15) is 18.2 Å². The molecule has 0 atom stereocenters. The standard InChI is InChI=1S/C9H15N3/c1-2-8-3-4-9(11-7-8)5-6-12-10/h3-4,7,12H,2,5-6,10H2,1H3. The highest BCUT2D eigenvalue weighted by Gasteiger charge is 1.93. The third-order valence-corrected chi connectivity index (χ3v) is 1.82. The van der Waals surface area contributed by atoms with Crippen LogP contribution < -0.4 is 11.3 Å². The third kappa shape index (κ3) is 2.60. The Balaban J connectivity index is 2.53. The number of hydrogen-bond donors (Lipinski definition) is 2. The summed E-state index contributed by atoms with van der Waals surface area (Å²) >= 11 is 0. The predicted molar refractivity (Wildman–Crippen MR) is 49.5 cm³/mol. The molecule has 0 aliphatic rings. The summed E-state index contributed by atoms with van der Waals surface area (Å²) in [5.41, 5.74) is 4.97. The molecule has 0 aliphatic heterocycles. The van der Waals surface area contributed by atoms with Gasteiger partial charge in [-0.2, -0.15) is 0 Å². The first kappa shape index (κ1) is 9.16. The quantitative estimate of drug-likeness (QED) is 0.509. The third-order valence-electron chi connectivity index (χ3n) is 1.82. The monoisotopic (exact) mass is 165 g/mol. The summed E-state index contributed by atoms with van der Waals surface area (Å²) in [6.07, 6.45) is 3.86. The van der Waals surface area contributed by atoms with Gasteiger partial charge >= 0.3 is 0 Å². The van der Waals surface area contributed by atoms with Crippen molar-refractivity contribution in [3.05, 3.63) is 29.6 Å². The van der Waals surface area contributed by atoms with Crippen LogP contribution in [0.2, 0.25) is 0 Å². The summed E-state index contributed by atoms with van der Waals surface area (Å²) in [6.45, 7) is 2.90. The number of nitrogens with two attached hydrogens (primary N) is 1. The van der Waals surface area contributed by atoms with Gasteiger partial charge in [-0.15, -0.1) is 0 Å². The van der Waals surface area contributed by atoms with Gasteiger partial charge in [0.25, 0.3) is 0 Å². The summed E-state index contributed by atoms with van der Waals surface area (Å²) < 4.78 is 0. The van der Waals surface area contributed by atoms with Crippen LogP contribution in [0.4, 0.5) is 0 Å². The van der Waals surface area contributed by atoms with Crippen molar-refractivity contribution in [3.8, 4) is 0 Å². The average Bonchev–Trinajstić information content (AvgIpc) is 2.15. The van der Waals surface area contributed by atoms with Gasteiger partial charge in [-0.1, -0.05) is 13.0 Å². The largest absolute Gasteiger partial charge is 0.271 e. The van der Waals surface area contributed by atoms with Crippen LogP contribution in [0.3, 0.4) is 0 Å². The Labute approximate surface area is 73.0 Å². The Morgan fingerprint density at radius 3 is 2.83 bits per heavy atom. The molecule has 0 bridgehead atoms. The lowest BCUT2D eigenvalue weighted by molar-refractivity contribution is 0.718. The van der Waals surface area contributed by atoms with E-state index in [2.05, 4.69) is 29.5 Å². The lowest BCUT2D eigenvalue weighted by Crippen LogP contribution is -2.24. The zero-order valence-electron chi connectivity index (χ0n) is 7.38. The van der Waals surface area contributed by atoms with E-state index < -0.39 is 0 Å². The maximum absolute atomic E-state index is 5.15. The average molecular weight is 165 g/mol. The number of pyridine rings is 1. The van der Waals surface area contributed by atoms with Gasteiger partial charge in [-0.3, -0.25) is 16.3 Å². The molecule has 3 N–H and O–H groups in total. The highest BCUT2D eigenvalue weighted by Crippen LogP contribution is 2.00. The second-order valence-electron chi connectivity index (χ2n) is 2.72. The molecule has 1 heterocycles. The summed E-state index contributed by atoms with van der Waals surface area (Å²) in [4.78, 5) is 4.29. The van der Waals surface area contributed by atoms with E-state index in [0.717, 1.165) is 25.1 Å². The minimum Gasteiger partial charge on any atom is -0.271 e. The number of nitrogens with zero attached hydrogens (tertiary/aromatic N) is 1. The molecule has 0 radical (unpaired) electrons. The fourth-order valence-corrected chi connectivity index (χ4v) is 1.01. The maximum atomic E-state index is 5.15. The van der Waals surface area contributed by atoms with Crippen molar-refractivity contribution in [3.63, 3.8) is 0 Å². The molecule has 0 saturated heterocycles. The van der Waals surface area contributed by atoms with Crippen LogP contribution >= 0.6 is 0 Å². The summed E-state index contributed by atoms with van der Waals surface area (Å²) in [6, 6.07) is 4.16. The minimum absolute atomic E-state index is 0.776. The number of rotatable bonds is 4. The zero-order valence-corrected chi connectivity index (χ0v) is 7.38. The molecule has 0 unspecified atom stereocenters. The summed E-state index contributed by atoms with van der Waals surface area (Å²) in [5.74, 6) is 5.15. The van der Waals surface area contributed by atoms with Crippen molar-refractivity contribution in [2.24, 2.45) is 5.84 Å². The molecular formula is C9H15N3. The van der Waals surface area contributed by atoms with Crippen molar-refractivity contribution in [2.45, 2.75) is 19.8 Å². The van der Waals surface area contributed by atoms with E-state index in [9.17, 15) is 0 Å². The van der Waals surface area contributed by atoms with E-state index in [0.29, 0.717) is 0 Å². The Morgan fingerprint density at radius 2 is 2.33 bits per heavy atom. The van der Waals surface area contributed by atoms with Gasteiger partial charge < -0.3 is 0 Å². The maximum Gasteiger partial charge on any atom is 0.0417 e. The first-order valence-electron chi connectivity index (χ1n) is 4.24. The van der Waals surface area contributed by atoms with Crippen LogP contribution in [-0.4, -0.2) is 11.5 Å². The van der Waals surface area contributed by atoms with Gasteiger partial charge in [0, 0.05) is 24.9 Å². The molecule has 0 saturated carbocycles. The fraction of sp³-hybridized carbons (Fsp3) is 0.444. The van der Waals surface area contributed by atoms with Crippen LogP contribution in [0, 0.1) is 0 Å². The molecule has 3 heteroatoms. The van der Waals surface area contributed by atoms with Gasteiger partial charge in [0.1, 0.15) is 0 Å². The summed E-state index contributed by atoms with van der Waals surface area (Å²) in [7, 11) is 0. The van der Waals surface area contributed by atoms with Crippen molar-refractivity contribution in [1.82, 2.24) is 10.4 Å². The molecule has 0 spiro atoms. The van der Waals surface area contributed by atoms with Gasteiger partial charge in [-0.05, 0) is 18.1 Å². The Morgan fingerprint density at radius 1 is 1.50 bits per heavy atom. The van der Waals surface area contributed by atoms with Crippen molar-refractivity contribution >= 4 is 0 Å². The smallest absolute Gasteiger partial charge is 0.0417 e. The van der Waals surface area contributed by atoms with Crippen LogP contribution in [0.5, 0.6) is 0 Å². The number of hydrazine groups is 1. The fourth-order valence-electron chi connectivity index (χ4n) is 1.01. The molecule has 3 nitrogen and oxygen atoms in total. The Hall–Kier alpha value is -0.930. The van der Waals surface area contributed by atoms with E-state index in [4.69, 9.17) is 5.84 Å². The van der Waals surface area contributed by atoms with Gasteiger partial charge in [-0.25, -0.2) is 0 Å². The number of nitrogens with one attached hydrogen (secondary N) is 1. The van der Waals surface area contributed by atoms with Crippen LogP contribution in [0.15, 0.2) is 18.3 Å². The van der Waals surface area contributed by atoms with Gasteiger partial charge in [0.05, 0.1) is 0 Å². The molecular weight excluding hydrogens is 150 g/mol. The van der Waals surface area contributed by atoms with E-state index in [1.807, 2.05) is 6.20 Å². The molecule has 12 heavy (non-hydrogen) atoms. The zero-order chi connectivity index (χ0) is 8.81. The van der Waals surface area contributed by atoms with Crippen LogP contribution in [-0.2, 0) is 12.8 Å². The number of hydrogen-bond acceptors (Lipinski definition) is 3. The molecule has 1 aromatic heterocycles. The highest BCUT2D eigenvalue weighted by molar-refractivity contribution is 5.13. The Kier molecular flexibility index (Phi) is 3.70. The topological polar surface area (TPSA) is 50.9 Å². The van der Waals surface area contributed by atoms with Crippen LogP contribution in [0.25, 0.3) is 0 Å². The first-order chi connectivity index (χ1) is 5.86. The predicted octanol–water partition coefficient (Wildman–Crippen LogP) is 0.650. The van der Waals surface area contributed by atoms with Crippen molar-refractivity contribution in [1.29, 1.82) is 0 Å². The highest BCUT2D eigenvalue weighted by atomic mass is 15.2. The molecule has 0 aromatic carbocycles. The number of aryl methyl sites for hydroxylation is 1. The molecule has 1 aromatic rings. The van der Waals surface area contributed by atoms with Crippen molar-refractivity contribution in [2.75, 3.05) is 6.54 Å². The lowest BCUT2D eigenvalue weighted by atomic mass is 10.2. The van der Waals surface area contributed by atoms with E-state index in [-0.39, 0.29) is 0 Å². The van der Waals surface area contributed by atoms with Crippen molar-refractivity contribution < 1.29 is 0 Å². The summed E-state index contributed by atoms with van der Waals surface area (Å²) in [5, 5.41) is 0. The molecule has 1 rings (SSSR count). The van der Waals surface area contributed by atoms with E-state index in [1.54, 1.807) is 0 Å². The lowest BCUT2D eigenvalue weighted by Gasteiger charge is -2.00. The molecule has 66 valence electrons. The van der Waals surface area contributed by atoms with E-state index in [1.165, 1.54) is 5.56 Å². The second-order valence-corrected chi connectivity index (χ2v) is 2.72. The van der Waals surface area contributed by atoms with Gasteiger partial charge in [0.15, 0.2) is 0 Å². The number of aromatic nitrogens is 1. The Bertz CT molecular complexity index is 218. The first-order valence-corrected chi connectivity index (χ1v) is 4.24.